The number of nitrogens with one attached hydrogen (secondary N) is 1. The fraction of sp³-hybridized carbons (Fsp3) is 0.226. The van der Waals surface area contributed by atoms with Gasteiger partial charge in [0.2, 0.25) is 21.8 Å². The number of benzene rings is 4. The molecule has 0 aliphatic carbocycles. The lowest BCUT2D eigenvalue weighted by Gasteiger charge is -2.33. The Hall–Kier alpha value is -3.69. The van der Waals surface area contributed by atoms with Crippen LogP contribution in [0.4, 0.5) is 5.69 Å². The molecule has 4 rings (SSSR count). The number of carbonyl (C=O) groups is 2. The van der Waals surface area contributed by atoms with Crippen molar-refractivity contribution in [3.8, 4) is 0 Å². The van der Waals surface area contributed by atoms with Gasteiger partial charge in [-0.3, -0.25) is 13.9 Å². The molecule has 1 N–H and O–H groups in total. The predicted molar refractivity (Wildman–Crippen MR) is 163 cm³/mol. The smallest absolute Gasteiger partial charge is 0.244 e. The molecular weight excluding hydrogens is 590 g/mol. The summed E-state index contributed by atoms with van der Waals surface area (Å²) < 4.78 is 28.2. The third-order valence-electron chi connectivity index (χ3n) is 6.58. The average molecular weight is 623 g/mol. The summed E-state index contributed by atoms with van der Waals surface area (Å²) in [6, 6.07) is 28.9. The van der Waals surface area contributed by atoms with E-state index in [1.165, 1.54) is 4.90 Å². The molecule has 0 fully saturated rings. The van der Waals surface area contributed by atoms with E-state index in [4.69, 9.17) is 0 Å². The maximum atomic E-state index is 14.2. The zero-order valence-corrected chi connectivity index (χ0v) is 24.9. The van der Waals surface area contributed by atoms with Gasteiger partial charge in [-0.15, -0.1) is 0 Å². The van der Waals surface area contributed by atoms with Gasteiger partial charge in [0.15, 0.2) is 0 Å². The van der Waals surface area contributed by atoms with Gasteiger partial charge in [-0.2, -0.15) is 0 Å². The van der Waals surface area contributed by atoms with Crippen LogP contribution in [-0.4, -0.2) is 50.5 Å². The molecule has 208 valence electrons. The Balaban J connectivity index is 1.77. The average Bonchev–Trinajstić information content (AvgIpc) is 2.93. The standard InChI is InChI=1S/C31H32BrN3O4S/c1-3-33-31(37)29(20-23-11-5-4-6-12-23)34(21-24-13-9-16-26(32)19-24)30(36)22-35(40(2,38)39)28-18-10-15-25-14-7-8-17-27(25)28/h4-19,29H,3,20-22H2,1-2H3,(H,33,37)/t29-/m0/s1. The molecule has 0 aliphatic heterocycles. The van der Waals surface area contributed by atoms with Crippen molar-refractivity contribution in [3.05, 3.63) is 113 Å². The highest BCUT2D eigenvalue weighted by Crippen LogP contribution is 2.29. The van der Waals surface area contributed by atoms with Crippen molar-refractivity contribution in [3.63, 3.8) is 0 Å². The van der Waals surface area contributed by atoms with Gasteiger partial charge < -0.3 is 10.2 Å². The molecule has 4 aromatic rings. The van der Waals surface area contributed by atoms with Gasteiger partial charge >= 0.3 is 0 Å². The van der Waals surface area contributed by atoms with Crippen LogP contribution in [0, 0.1) is 0 Å². The van der Waals surface area contributed by atoms with E-state index < -0.39 is 28.5 Å². The molecule has 2 amide bonds. The quantitative estimate of drug-likeness (QED) is 0.251. The fourth-order valence-electron chi connectivity index (χ4n) is 4.70. The third-order valence-corrected chi connectivity index (χ3v) is 8.20. The molecule has 0 radical (unpaired) electrons. The zero-order valence-electron chi connectivity index (χ0n) is 22.5. The number of fused-ring (bicyclic) bond motifs is 1. The normalized spacial score (nSPS) is 12.1. The third kappa shape index (κ3) is 7.28. The van der Waals surface area contributed by atoms with Gasteiger partial charge in [-0.1, -0.05) is 94.8 Å². The van der Waals surface area contributed by atoms with Crippen molar-refractivity contribution in [2.24, 2.45) is 0 Å². The minimum atomic E-state index is -3.85. The number of hydrogen-bond acceptors (Lipinski definition) is 4. The van der Waals surface area contributed by atoms with E-state index in [9.17, 15) is 18.0 Å². The molecule has 0 unspecified atom stereocenters. The molecule has 0 aliphatic rings. The van der Waals surface area contributed by atoms with Crippen LogP contribution in [0.1, 0.15) is 18.1 Å². The summed E-state index contributed by atoms with van der Waals surface area (Å²) in [5.74, 6) is -0.781. The molecule has 0 heterocycles. The summed E-state index contributed by atoms with van der Waals surface area (Å²) in [4.78, 5) is 29.1. The maximum absolute atomic E-state index is 14.2. The molecule has 0 bridgehead atoms. The van der Waals surface area contributed by atoms with Crippen LogP contribution in [-0.2, 0) is 32.6 Å². The Labute approximate surface area is 244 Å². The van der Waals surface area contributed by atoms with E-state index in [1.807, 2.05) is 91.9 Å². The first-order valence-electron chi connectivity index (χ1n) is 13.0. The SMILES string of the molecule is CCNC(=O)[C@H](Cc1ccccc1)N(Cc1cccc(Br)c1)C(=O)CN(c1cccc2ccccc12)S(C)(=O)=O. The van der Waals surface area contributed by atoms with Crippen LogP contribution < -0.4 is 9.62 Å². The van der Waals surface area contributed by atoms with E-state index in [0.717, 1.165) is 31.5 Å². The first-order chi connectivity index (χ1) is 19.2. The van der Waals surface area contributed by atoms with E-state index in [1.54, 1.807) is 12.1 Å². The largest absolute Gasteiger partial charge is 0.355 e. The van der Waals surface area contributed by atoms with Gasteiger partial charge in [-0.25, -0.2) is 8.42 Å². The number of likely N-dealkylation sites (N-methyl/N-ethyl adjacent to an activating group) is 1. The Morgan fingerprint density at radius 1 is 0.875 bits per heavy atom. The Kier molecular flexibility index (Phi) is 9.60. The van der Waals surface area contributed by atoms with Crippen LogP contribution >= 0.6 is 15.9 Å². The zero-order chi connectivity index (χ0) is 28.7. The highest BCUT2D eigenvalue weighted by Gasteiger charge is 2.33. The summed E-state index contributed by atoms with van der Waals surface area (Å²) in [6.45, 7) is 1.89. The molecule has 0 saturated carbocycles. The van der Waals surface area contributed by atoms with Gasteiger partial charge in [0.1, 0.15) is 12.6 Å². The minimum Gasteiger partial charge on any atom is -0.355 e. The number of sulfonamides is 1. The summed E-state index contributed by atoms with van der Waals surface area (Å²) in [5, 5.41) is 4.44. The number of hydrogen-bond donors (Lipinski definition) is 1. The molecule has 4 aromatic carbocycles. The maximum Gasteiger partial charge on any atom is 0.244 e. The summed E-state index contributed by atoms with van der Waals surface area (Å²) >= 11 is 3.48. The molecule has 0 spiro atoms. The van der Waals surface area contributed by atoms with Crippen LogP contribution in [0.15, 0.2) is 102 Å². The van der Waals surface area contributed by atoms with Gasteiger partial charge in [-0.05, 0) is 41.6 Å². The van der Waals surface area contributed by atoms with Crippen molar-refractivity contribution in [2.75, 3.05) is 23.7 Å². The lowest BCUT2D eigenvalue weighted by molar-refractivity contribution is -0.140. The number of nitrogens with zero attached hydrogens (tertiary/aromatic N) is 2. The Morgan fingerprint density at radius 2 is 1.52 bits per heavy atom. The molecule has 0 aromatic heterocycles. The molecule has 0 saturated heterocycles. The highest BCUT2D eigenvalue weighted by atomic mass is 79.9. The molecule has 7 nitrogen and oxygen atoms in total. The highest BCUT2D eigenvalue weighted by molar-refractivity contribution is 9.10. The van der Waals surface area contributed by atoms with Crippen LogP contribution in [0.5, 0.6) is 0 Å². The lowest BCUT2D eigenvalue weighted by atomic mass is 10.0. The molecular formula is C31H32BrN3O4S. The summed E-state index contributed by atoms with van der Waals surface area (Å²) in [5.41, 5.74) is 2.11. The second kappa shape index (κ2) is 13.1. The van der Waals surface area contributed by atoms with Crippen LogP contribution in [0.2, 0.25) is 0 Å². The van der Waals surface area contributed by atoms with Gasteiger partial charge in [0.05, 0.1) is 11.9 Å². The van der Waals surface area contributed by atoms with Crippen molar-refractivity contribution >= 4 is 54.2 Å². The van der Waals surface area contributed by atoms with Crippen molar-refractivity contribution in [2.45, 2.75) is 25.9 Å². The monoisotopic (exact) mass is 621 g/mol. The fourth-order valence-corrected chi connectivity index (χ4v) is 6.01. The van der Waals surface area contributed by atoms with Crippen LogP contribution in [0.3, 0.4) is 0 Å². The van der Waals surface area contributed by atoms with Gasteiger partial charge in [0.25, 0.3) is 0 Å². The topological polar surface area (TPSA) is 86.8 Å². The molecule has 9 heteroatoms. The number of halogens is 1. The number of rotatable bonds is 11. The van der Waals surface area contributed by atoms with Crippen molar-refractivity contribution in [1.82, 2.24) is 10.2 Å². The second-order valence-corrected chi connectivity index (χ2v) is 12.3. The van der Waals surface area contributed by atoms with Crippen LogP contribution in [0.25, 0.3) is 10.8 Å². The first-order valence-corrected chi connectivity index (χ1v) is 15.6. The van der Waals surface area contributed by atoms with E-state index >= 15 is 0 Å². The van der Waals surface area contributed by atoms with Crippen molar-refractivity contribution < 1.29 is 18.0 Å². The summed E-state index contributed by atoms with van der Waals surface area (Å²) in [7, 11) is -3.85. The minimum absolute atomic E-state index is 0.125. The number of amides is 2. The Morgan fingerprint density at radius 3 is 2.23 bits per heavy atom. The second-order valence-electron chi connectivity index (χ2n) is 9.52. The number of carbonyl (C=O) groups excluding carboxylic acids is 2. The predicted octanol–water partition coefficient (Wildman–Crippen LogP) is 5.14. The molecule has 40 heavy (non-hydrogen) atoms. The van der Waals surface area contributed by atoms with Crippen molar-refractivity contribution in [1.29, 1.82) is 0 Å². The Bertz CT molecular complexity index is 1590. The van der Waals surface area contributed by atoms with E-state index in [2.05, 4.69) is 21.2 Å². The lowest BCUT2D eigenvalue weighted by Crippen LogP contribution is -2.53. The van der Waals surface area contributed by atoms with Gasteiger partial charge in [0, 0.05) is 29.4 Å². The van der Waals surface area contributed by atoms with E-state index in [0.29, 0.717) is 17.6 Å². The van der Waals surface area contributed by atoms with E-state index in [-0.39, 0.29) is 18.9 Å². The number of anilines is 1. The molecule has 1 atom stereocenters. The first kappa shape index (κ1) is 29.3. The summed E-state index contributed by atoms with van der Waals surface area (Å²) in [6.07, 6.45) is 1.37.